The topological polar surface area (TPSA) is 70.1 Å². The SMILES string of the molecule is COc1cnn(C(C)C)c1C(=O)C1CCCC1N. The predicted octanol–water partition coefficient (Wildman–Crippen LogP) is 1.78. The van der Waals surface area contributed by atoms with E-state index in [-0.39, 0.29) is 23.8 Å². The molecule has 1 fully saturated rings. The molecule has 0 aliphatic heterocycles. The van der Waals surface area contributed by atoms with Crippen molar-refractivity contribution in [2.45, 2.75) is 45.2 Å². The highest BCUT2D eigenvalue weighted by molar-refractivity contribution is 5.99. The molecule has 2 atom stereocenters. The van der Waals surface area contributed by atoms with Gasteiger partial charge in [0.15, 0.2) is 11.5 Å². The Morgan fingerprint density at radius 1 is 1.56 bits per heavy atom. The van der Waals surface area contributed by atoms with Gasteiger partial charge in [0, 0.05) is 18.0 Å². The molecule has 1 aliphatic rings. The number of Topliss-reactive ketones (excluding diaryl/α,β-unsaturated/α-hetero) is 1. The quantitative estimate of drug-likeness (QED) is 0.828. The van der Waals surface area contributed by atoms with Crippen molar-refractivity contribution in [2.75, 3.05) is 7.11 Å². The van der Waals surface area contributed by atoms with Crippen LogP contribution in [0.15, 0.2) is 6.20 Å². The lowest BCUT2D eigenvalue weighted by Gasteiger charge is -2.17. The summed E-state index contributed by atoms with van der Waals surface area (Å²) in [6.07, 6.45) is 4.42. The second-order valence-electron chi connectivity index (χ2n) is 5.17. The maximum atomic E-state index is 12.6. The molecule has 1 saturated carbocycles. The van der Waals surface area contributed by atoms with E-state index in [1.807, 2.05) is 13.8 Å². The van der Waals surface area contributed by atoms with E-state index >= 15 is 0 Å². The van der Waals surface area contributed by atoms with E-state index in [0.29, 0.717) is 11.4 Å². The highest BCUT2D eigenvalue weighted by Gasteiger charge is 2.34. The number of ether oxygens (including phenoxy) is 1. The summed E-state index contributed by atoms with van der Waals surface area (Å²) in [7, 11) is 1.56. The molecular formula is C13H21N3O2. The third kappa shape index (κ3) is 2.14. The zero-order chi connectivity index (χ0) is 13.3. The Morgan fingerprint density at radius 2 is 2.28 bits per heavy atom. The van der Waals surface area contributed by atoms with Crippen molar-refractivity contribution in [3.05, 3.63) is 11.9 Å². The van der Waals surface area contributed by atoms with Crippen molar-refractivity contribution < 1.29 is 9.53 Å². The fourth-order valence-electron chi connectivity index (χ4n) is 2.61. The van der Waals surface area contributed by atoms with Crippen molar-refractivity contribution in [3.8, 4) is 5.75 Å². The molecular weight excluding hydrogens is 230 g/mol. The van der Waals surface area contributed by atoms with Crippen molar-refractivity contribution in [2.24, 2.45) is 11.7 Å². The predicted molar refractivity (Wildman–Crippen MR) is 68.8 cm³/mol. The van der Waals surface area contributed by atoms with Crippen LogP contribution in [0.2, 0.25) is 0 Å². The highest BCUT2D eigenvalue weighted by atomic mass is 16.5. The zero-order valence-corrected chi connectivity index (χ0v) is 11.2. The molecule has 2 unspecified atom stereocenters. The molecule has 5 nitrogen and oxygen atoms in total. The van der Waals surface area contributed by atoms with Crippen molar-refractivity contribution in [1.82, 2.24) is 9.78 Å². The molecule has 18 heavy (non-hydrogen) atoms. The van der Waals surface area contributed by atoms with E-state index in [9.17, 15) is 4.79 Å². The van der Waals surface area contributed by atoms with E-state index in [1.54, 1.807) is 18.0 Å². The molecule has 100 valence electrons. The number of ketones is 1. The number of methoxy groups -OCH3 is 1. The van der Waals surface area contributed by atoms with E-state index in [2.05, 4.69) is 5.10 Å². The van der Waals surface area contributed by atoms with Gasteiger partial charge in [0.1, 0.15) is 5.69 Å². The van der Waals surface area contributed by atoms with Crippen LogP contribution < -0.4 is 10.5 Å². The van der Waals surface area contributed by atoms with Crippen LogP contribution in [0.4, 0.5) is 0 Å². The van der Waals surface area contributed by atoms with E-state index in [4.69, 9.17) is 10.5 Å². The summed E-state index contributed by atoms with van der Waals surface area (Å²) < 4.78 is 6.98. The second-order valence-corrected chi connectivity index (χ2v) is 5.17. The van der Waals surface area contributed by atoms with Gasteiger partial charge in [0.25, 0.3) is 0 Å². The Morgan fingerprint density at radius 3 is 2.78 bits per heavy atom. The number of nitrogens with zero attached hydrogens (tertiary/aromatic N) is 2. The summed E-state index contributed by atoms with van der Waals surface area (Å²) in [5.41, 5.74) is 6.58. The van der Waals surface area contributed by atoms with Crippen molar-refractivity contribution in [3.63, 3.8) is 0 Å². The fraction of sp³-hybridized carbons (Fsp3) is 0.692. The standard InChI is InChI=1S/C13H21N3O2/c1-8(2)16-12(11(18-3)7-15-16)13(17)9-5-4-6-10(9)14/h7-10H,4-6,14H2,1-3H3. The molecule has 2 rings (SSSR count). The minimum Gasteiger partial charge on any atom is -0.493 e. The van der Waals surface area contributed by atoms with Crippen LogP contribution in [0.25, 0.3) is 0 Å². The van der Waals surface area contributed by atoms with Gasteiger partial charge < -0.3 is 10.5 Å². The highest BCUT2D eigenvalue weighted by Crippen LogP contribution is 2.31. The molecule has 5 heteroatoms. The molecule has 0 bridgehead atoms. The van der Waals surface area contributed by atoms with Crippen LogP contribution in [0, 0.1) is 5.92 Å². The van der Waals surface area contributed by atoms with Crippen LogP contribution >= 0.6 is 0 Å². The zero-order valence-electron chi connectivity index (χ0n) is 11.2. The van der Waals surface area contributed by atoms with Gasteiger partial charge in [-0.3, -0.25) is 9.48 Å². The van der Waals surface area contributed by atoms with Gasteiger partial charge in [-0.1, -0.05) is 6.42 Å². The Labute approximate surface area is 107 Å². The monoisotopic (exact) mass is 251 g/mol. The minimum absolute atomic E-state index is 0.0299. The molecule has 1 aromatic heterocycles. The first-order valence-corrected chi connectivity index (χ1v) is 6.47. The number of hydrogen-bond acceptors (Lipinski definition) is 4. The van der Waals surface area contributed by atoms with Gasteiger partial charge in [-0.25, -0.2) is 0 Å². The van der Waals surface area contributed by atoms with Crippen LogP contribution in [0.1, 0.15) is 49.6 Å². The van der Waals surface area contributed by atoms with Crippen molar-refractivity contribution >= 4 is 5.78 Å². The first-order chi connectivity index (χ1) is 8.56. The lowest BCUT2D eigenvalue weighted by Crippen LogP contribution is -2.32. The number of rotatable bonds is 4. The van der Waals surface area contributed by atoms with Gasteiger partial charge in [-0.15, -0.1) is 0 Å². The molecule has 0 amide bonds. The number of nitrogens with two attached hydrogens (primary N) is 1. The Balaban J connectivity index is 2.36. The average molecular weight is 251 g/mol. The fourth-order valence-corrected chi connectivity index (χ4v) is 2.61. The summed E-state index contributed by atoms with van der Waals surface area (Å²) in [6, 6.07) is 0.100. The summed E-state index contributed by atoms with van der Waals surface area (Å²) in [4.78, 5) is 12.6. The Kier molecular flexibility index (Phi) is 3.71. The molecule has 0 aromatic carbocycles. The maximum Gasteiger partial charge on any atom is 0.189 e. The van der Waals surface area contributed by atoms with Gasteiger partial charge >= 0.3 is 0 Å². The summed E-state index contributed by atoms with van der Waals surface area (Å²) in [5, 5.41) is 4.23. The number of carbonyl (C=O) groups excluding carboxylic acids is 1. The lowest BCUT2D eigenvalue weighted by molar-refractivity contribution is 0.0897. The Hall–Kier alpha value is -1.36. The lowest BCUT2D eigenvalue weighted by atomic mass is 9.96. The molecule has 0 radical (unpaired) electrons. The van der Waals surface area contributed by atoms with Gasteiger partial charge in [-0.05, 0) is 26.7 Å². The molecule has 1 aliphatic carbocycles. The van der Waals surface area contributed by atoms with Crippen LogP contribution in [0.5, 0.6) is 5.75 Å². The average Bonchev–Trinajstić information content (AvgIpc) is 2.93. The Bertz CT molecular complexity index is 439. The first-order valence-electron chi connectivity index (χ1n) is 6.47. The molecule has 0 saturated heterocycles. The molecule has 2 N–H and O–H groups in total. The van der Waals surface area contributed by atoms with Crippen LogP contribution in [-0.2, 0) is 0 Å². The largest absolute Gasteiger partial charge is 0.493 e. The minimum atomic E-state index is -0.0897. The van der Waals surface area contributed by atoms with E-state index < -0.39 is 0 Å². The summed E-state index contributed by atoms with van der Waals surface area (Å²) in [5.74, 6) is 0.531. The van der Waals surface area contributed by atoms with Crippen molar-refractivity contribution in [1.29, 1.82) is 0 Å². The molecule has 1 heterocycles. The van der Waals surface area contributed by atoms with Gasteiger partial charge in [0.2, 0.25) is 0 Å². The van der Waals surface area contributed by atoms with E-state index in [0.717, 1.165) is 19.3 Å². The third-order valence-corrected chi connectivity index (χ3v) is 3.61. The normalized spacial score (nSPS) is 23.6. The summed E-state index contributed by atoms with van der Waals surface area (Å²) in [6.45, 7) is 4.00. The van der Waals surface area contributed by atoms with Gasteiger partial charge in [0.05, 0.1) is 13.3 Å². The second kappa shape index (κ2) is 5.10. The molecule has 0 spiro atoms. The van der Waals surface area contributed by atoms with Crippen LogP contribution in [0.3, 0.4) is 0 Å². The van der Waals surface area contributed by atoms with E-state index in [1.165, 1.54) is 0 Å². The number of carbonyl (C=O) groups is 1. The smallest absolute Gasteiger partial charge is 0.189 e. The maximum absolute atomic E-state index is 12.6. The first kappa shape index (κ1) is 13.1. The molecule has 1 aromatic rings. The van der Waals surface area contributed by atoms with Crippen LogP contribution in [-0.4, -0.2) is 28.7 Å². The number of aromatic nitrogens is 2. The van der Waals surface area contributed by atoms with Gasteiger partial charge in [-0.2, -0.15) is 5.10 Å². The number of hydrogen-bond donors (Lipinski definition) is 1. The third-order valence-electron chi connectivity index (χ3n) is 3.61. The summed E-state index contributed by atoms with van der Waals surface area (Å²) >= 11 is 0.